The van der Waals surface area contributed by atoms with Crippen LogP contribution in [0.15, 0.2) is 12.1 Å². The molecule has 1 heterocycles. The van der Waals surface area contributed by atoms with Crippen molar-refractivity contribution in [3.63, 3.8) is 0 Å². The molecular formula is C7H6ClF3N2O2S. The normalized spacial score (nSPS) is 12.6. The SMILES string of the molecule is CS(=O)(=O)Nc1ccc(Cl)c(C(F)(F)F)n1. The molecule has 1 N–H and O–H groups in total. The fourth-order valence-electron chi connectivity index (χ4n) is 0.888. The standard InChI is InChI=1S/C7H6ClF3N2O2S/c1-16(14,15)13-5-3-2-4(8)6(12-5)7(9,10)11/h2-3H,1H3,(H,12,13). The fourth-order valence-corrected chi connectivity index (χ4v) is 1.59. The van der Waals surface area contributed by atoms with Crippen LogP contribution in [0.25, 0.3) is 0 Å². The smallest absolute Gasteiger partial charge is 0.268 e. The molecule has 0 aliphatic carbocycles. The van der Waals surface area contributed by atoms with E-state index in [1.807, 2.05) is 4.72 Å². The summed E-state index contributed by atoms with van der Waals surface area (Å²) in [5.41, 5.74) is -1.33. The molecule has 0 fully saturated rings. The van der Waals surface area contributed by atoms with Crippen LogP contribution in [0.2, 0.25) is 5.02 Å². The van der Waals surface area contributed by atoms with E-state index >= 15 is 0 Å². The Kier molecular flexibility index (Phi) is 3.34. The van der Waals surface area contributed by atoms with Crippen LogP contribution in [0.1, 0.15) is 5.69 Å². The van der Waals surface area contributed by atoms with Crippen molar-refractivity contribution in [1.82, 2.24) is 4.98 Å². The average Bonchev–Trinajstić information content (AvgIpc) is 2.04. The van der Waals surface area contributed by atoms with Crippen LogP contribution >= 0.6 is 11.6 Å². The number of nitrogens with one attached hydrogen (secondary N) is 1. The van der Waals surface area contributed by atoms with E-state index in [1.54, 1.807) is 0 Å². The first-order valence-electron chi connectivity index (χ1n) is 3.81. The highest BCUT2D eigenvalue weighted by atomic mass is 35.5. The van der Waals surface area contributed by atoms with Crippen LogP contribution in [0, 0.1) is 0 Å². The first-order chi connectivity index (χ1) is 7.09. The van der Waals surface area contributed by atoms with Crippen molar-refractivity contribution in [2.45, 2.75) is 6.18 Å². The van der Waals surface area contributed by atoms with Crippen LogP contribution in [0.4, 0.5) is 19.0 Å². The largest absolute Gasteiger partial charge is 0.434 e. The summed E-state index contributed by atoms with van der Waals surface area (Å²) >= 11 is 5.29. The number of halogens is 4. The number of alkyl halides is 3. The van der Waals surface area contributed by atoms with E-state index < -0.39 is 32.7 Å². The van der Waals surface area contributed by atoms with Gasteiger partial charge in [-0.05, 0) is 12.1 Å². The number of sulfonamides is 1. The minimum absolute atomic E-state index is 0.431. The highest BCUT2D eigenvalue weighted by Crippen LogP contribution is 2.33. The second-order valence-corrected chi connectivity index (χ2v) is 5.05. The van der Waals surface area contributed by atoms with Crippen LogP contribution in [-0.2, 0) is 16.2 Å². The zero-order valence-electron chi connectivity index (χ0n) is 7.84. The van der Waals surface area contributed by atoms with E-state index in [0.717, 1.165) is 18.4 Å². The van der Waals surface area contributed by atoms with Gasteiger partial charge in [-0.1, -0.05) is 11.6 Å². The van der Waals surface area contributed by atoms with Gasteiger partial charge in [0, 0.05) is 0 Å². The molecule has 90 valence electrons. The summed E-state index contributed by atoms with van der Waals surface area (Å²) in [6, 6.07) is 1.96. The van der Waals surface area contributed by atoms with Crippen LogP contribution in [0.5, 0.6) is 0 Å². The Balaban J connectivity index is 3.18. The minimum atomic E-state index is -4.73. The van der Waals surface area contributed by atoms with Gasteiger partial charge in [-0.3, -0.25) is 4.72 Å². The quantitative estimate of drug-likeness (QED) is 0.899. The van der Waals surface area contributed by atoms with Crippen LogP contribution < -0.4 is 4.72 Å². The van der Waals surface area contributed by atoms with E-state index in [0.29, 0.717) is 0 Å². The van der Waals surface area contributed by atoms with E-state index in [2.05, 4.69) is 4.98 Å². The molecule has 0 aromatic carbocycles. The van der Waals surface area contributed by atoms with Crippen molar-refractivity contribution >= 4 is 27.4 Å². The summed E-state index contributed by atoms with van der Waals surface area (Å²) in [5.74, 6) is -0.431. The molecule has 0 unspecified atom stereocenters. The summed E-state index contributed by atoms with van der Waals surface area (Å²) < 4.78 is 60.4. The van der Waals surface area contributed by atoms with Gasteiger partial charge in [0.1, 0.15) is 5.82 Å². The molecule has 0 bridgehead atoms. The fraction of sp³-hybridized carbons (Fsp3) is 0.286. The topological polar surface area (TPSA) is 59.1 Å². The second kappa shape index (κ2) is 4.10. The van der Waals surface area contributed by atoms with Gasteiger partial charge < -0.3 is 0 Å². The highest BCUT2D eigenvalue weighted by Gasteiger charge is 2.35. The summed E-state index contributed by atoms with van der Waals surface area (Å²) in [6.45, 7) is 0. The summed E-state index contributed by atoms with van der Waals surface area (Å²) in [6.07, 6.45) is -3.93. The van der Waals surface area contributed by atoms with Crippen molar-refractivity contribution in [2.75, 3.05) is 11.0 Å². The third kappa shape index (κ3) is 3.53. The molecule has 0 aliphatic heterocycles. The molecule has 9 heteroatoms. The Morgan fingerprint density at radius 3 is 2.38 bits per heavy atom. The van der Waals surface area contributed by atoms with Gasteiger partial charge in [-0.15, -0.1) is 0 Å². The number of rotatable bonds is 2. The predicted octanol–water partition coefficient (Wildman–Crippen LogP) is 2.13. The molecule has 0 atom stereocenters. The summed E-state index contributed by atoms with van der Waals surface area (Å²) in [4.78, 5) is 3.08. The third-order valence-corrected chi connectivity index (χ3v) is 2.29. The average molecular weight is 275 g/mol. The van der Waals surface area contributed by atoms with Gasteiger partial charge >= 0.3 is 6.18 Å². The van der Waals surface area contributed by atoms with Gasteiger partial charge in [-0.2, -0.15) is 13.2 Å². The molecule has 0 amide bonds. The van der Waals surface area contributed by atoms with Crippen molar-refractivity contribution < 1.29 is 21.6 Å². The lowest BCUT2D eigenvalue weighted by Crippen LogP contribution is -2.14. The molecule has 1 rings (SSSR count). The molecule has 16 heavy (non-hydrogen) atoms. The predicted molar refractivity (Wildman–Crippen MR) is 52.7 cm³/mol. The van der Waals surface area contributed by atoms with Gasteiger partial charge in [-0.25, -0.2) is 13.4 Å². The van der Waals surface area contributed by atoms with E-state index in [4.69, 9.17) is 11.6 Å². The lowest BCUT2D eigenvalue weighted by molar-refractivity contribution is -0.140. The van der Waals surface area contributed by atoms with Crippen molar-refractivity contribution in [1.29, 1.82) is 0 Å². The Hall–Kier alpha value is -1.02. The first kappa shape index (κ1) is 13.0. The number of nitrogens with zero attached hydrogens (tertiary/aromatic N) is 1. The Morgan fingerprint density at radius 2 is 1.94 bits per heavy atom. The van der Waals surface area contributed by atoms with Crippen LogP contribution in [0.3, 0.4) is 0 Å². The molecule has 0 spiro atoms. The molecular weight excluding hydrogens is 269 g/mol. The minimum Gasteiger partial charge on any atom is -0.268 e. The second-order valence-electron chi connectivity index (χ2n) is 2.90. The Bertz CT molecular complexity index is 501. The Morgan fingerprint density at radius 1 is 1.38 bits per heavy atom. The maximum absolute atomic E-state index is 12.3. The maximum Gasteiger partial charge on any atom is 0.434 e. The molecule has 0 saturated heterocycles. The highest BCUT2D eigenvalue weighted by molar-refractivity contribution is 7.92. The van der Waals surface area contributed by atoms with Gasteiger partial charge in [0.05, 0.1) is 11.3 Å². The monoisotopic (exact) mass is 274 g/mol. The molecule has 0 aliphatic rings. The number of anilines is 1. The zero-order valence-corrected chi connectivity index (χ0v) is 9.41. The van der Waals surface area contributed by atoms with Crippen molar-refractivity contribution in [2.24, 2.45) is 0 Å². The number of pyridine rings is 1. The lowest BCUT2D eigenvalue weighted by Gasteiger charge is -2.10. The maximum atomic E-state index is 12.3. The van der Waals surface area contributed by atoms with E-state index in [1.165, 1.54) is 0 Å². The first-order valence-corrected chi connectivity index (χ1v) is 6.08. The summed E-state index contributed by atoms with van der Waals surface area (Å²) in [5, 5.41) is -0.591. The van der Waals surface area contributed by atoms with E-state index in [-0.39, 0.29) is 0 Å². The molecule has 4 nitrogen and oxygen atoms in total. The zero-order chi connectivity index (χ0) is 12.6. The van der Waals surface area contributed by atoms with Gasteiger partial charge in [0.15, 0.2) is 5.69 Å². The van der Waals surface area contributed by atoms with Crippen molar-refractivity contribution in [3.8, 4) is 0 Å². The molecule has 0 radical (unpaired) electrons. The summed E-state index contributed by atoms with van der Waals surface area (Å²) in [7, 11) is -3.68. The molecule has 1 aromatic rings. The number of aromatic nitrogens is 1. The third-order valence-electron chi connectivity index (χ3n) is 1.40. The Labute approximate surface area is 94.5 Å². The van der Waals surface area contributed by atoms with Crippen molar-refractivity contribution in [3.05, 3.63) is 22.8 Å². The number of hydrogen-bond donors (Lipinski definition) is 1. The van der Waals surface area contributed by atoms with Crippen LogP contribution in [-0.4, -0.2) is 19.7 Å². The molecule has 1 aromatic heterocycles. The number of hydrogen-bond acceptors (Lipinski definition) is 3. The lowest BCUT2D eigenvalue weighted by atomic mass is 10.3. The van der Waals surface area contributed by atoms with Gasteiger partial charge in [0.25, 0.3) is 0 Å². The van der Waals surface area contributed by atoms with Gasteiger partial charge in [0.2, 0.25) is 10.0 Å². The van der Waals surface area contributed by atoms with E-state index in [9.17, 15) is 21.6 Å². The molecule has 0 saturated carbocycles.